The summed E-state index contributed by atoms with van der Waals surface area (Å²) in [6.45, 7) is 9.97. The van der Waals surface area contributed by atoms with Crippen molar-refractivity contribution < 1.29 is 37.4 Å². The summed E-state index contributed by atoms with van der Waals surface area (Å²) < 4.78 is 38.7. The molecule has 2 aromatic heterocycles. The first-order valence-corrected chi connectivity index (χ1v) is 13.6. The van der Waals surface area contributed by atoms with E-state index in [2.05, 4.69) is 46.9 Å². The Bertz CT molecular complexity index is 1350. The smallest absolute Gasteiger partial charge is 0.475 e. The van der Waals surface area contributed by atoms with E-state index in [0.717, 1.165) is 30.5 Å². The predicted molar refractivity (Wildman–Crippen MR) is 151 cm³/mol. The van der Waals surface area contributed by atoms with E-state index in [1.807, 2.05) is 6.92 Å². The van der Waals surface area contributed by atoms with Crippen LogP contribution in [0.5, 0.6) is 0 Å². The third-order valence-electron chi connectivity index (χ3n) is 6.99. The molecule has 6 N–H and O–H groups in total. The number of hydrazine groups is 1. The Morgan fingerprint density at radius 2 is 1.86 bits per heavy atom. The molecule has 1 saturated carbocycles. The third kappa shape index (κ3) is 10.8. The van der Waals surface area contributed by atoms with E-state index in [0.29, 0.717) is 29.3 Å². The van der Waals surface area contributed by atoms with Gasteiger partial charge in [0.25, 0.3) is 5.56 Å². The highest BCUT2D eigenvalue weighted by Crippen LogP contribution is 2.35. The van der Waals surface area contributed by atoms with Crippen LogP contribution in [-0.2, 0) is 27.4 Å². The lowest BCUT2D eigenvalue weighted by Gasteiger charge is -2.36. The number of carbonyl (C=O) groups is 3. The summed E-state index contributed by atoms with van der Waals surface area (Å²) >= 11 is 0. The standard InChI is InChI=1S/C25H37N7O4.C2HF3O2/c1-14(2)19-8-6-15(3)10-20(19)36-25(35)31-30-23-24(34)32(16(4)11-28-23)13-22(33)27-12-18-7-9-21(26)29-17(18)5;3-2(4,5)1(6)7/h7,9,11,14-15,19-20H,6,8,10,12-13H2,1-5H3,(H2,26,29)(H,27,33)(H,28,30)(H,31,35);(H,6,7)/t15-,19+,20-;/m1./s1. The number of hydrogen-bond acceptors (Lipinski definition) is 9. The molecule has 2 aromatic rings. The molecule has 3 atom stereocenters. The van der Waals surface area contributed by atoms with E-state index >= 15 is 0 Å². The number of hydrogen-bond donors (Lipinski definition) is 5. The van der Waals surface area contributed by atoms with Gasteiger partial charge in [-0.3, -0.25) is 19.6 Å². The van der Waals surface area contributed by atoms with Gasteiger partial charge in [0.05, 0.1) is 0 Å². The maximum atomic E-state index is 12.9. The van der Waals surface area contributed by atoms with Gasteiger partial charge in [-0.1, -0.05) is 33.3 Å². The Kier molecular flexibility index (Phi) is 12.3. The molecular weight excluding hydrogens is 575 g/mol. The fraction of sp³-hybridized carbons (Fsp3) is 0.556. The number of nitrogens with one attached hydrogen (secondary N) is 3. The first-order valence-electron chi connectivity index (χ1n) is 13.6. The van der Waals surface area contributed by atoms with E-state index in [4.69, 9.17) is 20.4 Å². The summed E-state index contributed by atoms with van der Waals surface area (Å²) in [6, 6.07) is 3.46. The van der Waals surface area contributed by atoms with Crippen LogP contribution in [0.15, 0.2) is 23.1 Å². The molecule has 16 heteroatoms. The number of amides is 2. The van der Waals surface area contributed by atoms with Crippen LogP contribution in [-0.4, -0.2) is 49.9 Å². The summed E-state index contributed by atoms with van der Waals surface area (Å²) in [5.74, 6) is -1.62. The second kappa shape index (κ2) is 15.2. The first kappa shape index (κ1) is 34.8. The maximum absolute atomic E-state index is 12.9. The van der Waals surface area contributed by atoms with Gasteiger partial charge >= 0.3 is 18.2 Å². The van der Waals surface area contributed by atoms with Crippen molar-refractivity contribution in [3.63, 3.8) is 0 Å². The van der Waals surface area contributed by atoms with E-state index in [1.165, 1.54) is 10.8 Å². The van der Waals surface area contributed by atoms with Gasteiger partial charge in [0, 0.05) is 24.1 Å². The minimum Gasteiger partial charge on any atom is -0.475 e. The van der Waals surface area contributed by atoms with Gasteiger partial charge < -0.3 is 20.9 Å². The molecule has 1 aliphatic rings. The van der Waals surface area contributed by atoms with Gasteiger partial charge in [0.1, 0.15) is 18.5 Å². The van der Waals surface area contributed by atoms with Crippen molar-refractivity contribution in [1.29, 1.82) is 0 Å². The molecule has 0 unspecified atom stereocenters. The molecule has 0 saturated heterocycles. The van der Waals surface area contributed by atoms with Gasteiger partial charge in [-0.2, -0.15) is 13.2 Å². The summed E-state index contributed by atoms with van der Waals surface area (Å²) in [5.41, 5.74) is 12.1. The molecule has 0 aliphatic heterocycles. The molecule has 1 fully saturated rings. The molecule has 0 spiro atoms. The van der Waals surface area contributed by atoms with E-state index in [9.17, 15) is 27.6 Å². The fourth-order valence-corrected chi connectivity index (χ4v) is 4.57. The quantitative estimate of drug-likeness (QED) is 0.276. The highest BCUT2D eigenvalue weighted by Gasteiger charge is 2.38. The van der Waals surface area contributed by atoms with E-state index in [1.54, 1.807) is 19.1 Å². The summed E-state index contributed by atoms with van der Waals surface area (Å²) in [7, 11) is 0. The predicted octanol–water partition coefficient (Wildman–Crippen LogP) is 3.30. The van der Waals surface area contributed by atoms with Crippen LogP contribution in [0.1, 0.15) is 57.0 Å². The second-order valence-electron chi connectivity index (χ2n) is 10.7. The molecule has 2 amide bonds. The number of aromatic nitrogens is 3. The maximum Gasteiger partial charge on any atom is 0.490 e. The number of carboxylic acid groups (broad SMARTS) is 1. The van der Waals surface area contributed by atoms with Crippen LogP contribution in [0.2, 0.25) is 0 Å². The number of anilines is 2. The summed E-state index contributed by atoms with van der Waals surface area (Å²) in [4.78, 5) is 55.0. The number of aliphatic carboxylic acids is 1. The van der Waals surface area contributed by atoms with Crippen molar-refractivity contribution in [2.75, 3.05) is 11.2 Å². The van der Waals surface area contributed by atoms with E-state index in [-0.39, 0.29) is 30.9 Å². The largest absolute Gasteiger partial charge is 0.490 e. The number of ether oxygens (including phenoxy) is 1. The van der Waals surface area contributed by atoms with Gasteiger partial charge in [0.2, 0.25) is 11.7 Å². The number of nitrogens with zero attached hydrogens (tertiary/aromatic N) is 3. The molecule has 43 heavy (non-hydrogen) atoms. The average Bonchev–Trinajstić information content (AvgIpc) is 2.89. The number of halogens is 3. The van der Waals surface area contributed by atoms with Crippen molar-refractivity contribution in [2.24, 2.45) is 17.8 Å². The zero-order valence-electron chi connectivity index (χ0n) is 24.6. The van der Waals surface area contributed by atoms with Gasteiger partial charge in [0.15, 0.2) is 0 Å². The second-order valence-corrected chi connectivity index (χ2v) is 10.7. The Hall–Kier alpha value is -4.37. The van der Waals surface area contributed by atoms with Crippen LogP contribution in [0, 0.1) is 31.6 Å². The van der Waals surface area contributed by atoms with E-state index < -0.39 is 23.8 Å². The van der Waals surface area contributed by atoms with Gasteiger partial charge in [-0.25, -0.2) is 25.0 Å². The highest BCUT2D eigenvalue weighted by atomic mass is 19.4. The fourth-order valence-electron chi connectivity index (χ4n) is 4.57. The third-order valence-corrected chi connectivity index (χ3v) is 6.99. The number of nitrogens with two attached hydrogens (primary N) is 1. The Balaban J connectivity index is 0.000000821. The van der Waals surface area contributed by atoms with Crippen molar-refractivity contribution >= 4 is 29.6 Å². The number of pyridine rings is 1. The van der Waals surface area contributed by atoms with Crippen molar-refractivity contribution in [3.8, 4) is 0 Å². The topological polar surface area (TPSA) is 191 Å². The normalized spacial score (nSPS) is 18.2. The number of rotatable bonds is 8. The molecule has 2 heterocycles. The molecule has 3 rings (SSSR count). The minimum absolute atomic E-state index is 0.110. The molecular formula is C27H38F3N7O6. The molecule has 0 aromatic carbocycles. The number of carboxylic acids is 1. The van der Waals surface area contributed by atoms with Crippen LogP contribution >= 0.6 is 0 Å². The molecule has 0 radical (unpaired) electrons. The molecule has 13 nitrogen and oxygen atoms in total. The molecule has 0 bridgehead atoms. The lowest BCUT2D eigenvalue weighted by Crippen LogP contribution is -2.42. The Morgan fingerprint density at radius 1 is 1.21 bits per heavy atom. The Morgan fingerprint density at radius 3 is 2.44 bits per heavy atom. The van der Waals surface area contributed by atoms with Gasteiger partial charge in [-0.05, 0) is 56.1 Å². The van der Waals surface area contributed by atoms with Crippen molar-refractivity contribution in [3.05, 3.63) is 45.6 Å². The number of nitrogen functional groups attached to an aromatic ring is 1. The lowest BCUT2D eigenvalue weighted by molar-refractivity contribution is -0.192. The first-order chi connectivity index (χ1) is 20.0. The van der Waals surface area contributed by atoms with Crippen LogP contribution in [0.25, 0.3) is 0 Å². The van der Waals surface area contributed by atoms with Crippen molar-refractivity contribution in [2.45, 2.75) is 79.3 Å². The van der Waals surface area contributed by atoms with Gasteiger partial charge in [-0.15, -0.1) is 0 Å². The lowest BCUT2D eigenvalue weighted by atomic mass is 9.75. The Labute approximate surface area is 246 Å². The molecule has 238 valence electrons. The number of carbonyl (C=O) groups excluding carboxylic acids is 2. The van der Waals surface area contributed by atoms with Crippen molar-refractivity contribution in [1.82, 2.24) is 25.3 Å². The summed E-state index contributed by atoms with van der Waals surface area (Å²) in [5, 5.41) is 9.91. The van der Waals surface area contributed by atoms with Crippen LogP contribution in [0.4, 0.5) is 29.6 Å². The average molecular weight is 614 g/mol. The monoisotopic (exact) mass is 613 g/mol. The number of alkyl halides is 3. The zero-order valence-corrected chi connectivity index (χ0v) is 24.6. The minimum atomic E-state index is -5.08. The summed E-state index contributed by atoms with van der Waals surface area (Å²) in [6.07, 6.45) is -1.52. The zero-order chi connectivity index (χ0) is 32.5. The highest BCUT2D eigenvalue weighted by molar-refractivity contribution is 5.76. The SMILES string of the molecule is Cc1nc(N)ccc1CNC(=O)Cn1c(C)cnc(NNC(=O)O[C@@H]2C[C@H](C)CC[C@H]2C(C)C)c1=O.O=C(O)C(F)(F)F. The number of aryl methyl sites for hydroxylation is 2. The van der Waals surface area contributed by atoms with Crippen LogP contribution in [0.3, 0.4) is 0 Å². The van der Waals surface area contributed by atoms with Crippen LogP contribution < -0.4 is 27.5 Å². The molecule has 1 aliphatic carbocycles.